The monoisotopic (exact) mass is 551 g/mol. The van der Waals surface area contributed by atoms with E-state index in [0.29, 0.717) is 12.5 Å². The van der Waals surface area contributed by atoms with Gasteiger partial charge in [0.1, 0.15) is 0 Å². The van der Waals surface area contributed by atoms with Crippen molar-refractivity contribution in [1.29, 1.82) is 0 Å². The lowest BCUT2D eigenvalue weighted by molar-refractivity contribution is -0.150. The van der Waals surface area contributed by atoms with Gasteiger partial charge in [-0.3, -0.25) is 14.3 Å². The Hall–Kier alpha value is -2.86. The van der Waals surface area contributed by atoms with Gasteiger partial charge < -0.3 is 15.0 Å². The van der Waals surface area contributed by atoms with Crippen molar-refractivity contribution in [1.82, 2.24) is 4.90 Å². The summed E-state index contributed by atoms with van der Waals surface area (Å²) in [5.74, 6) is -0.665. The zero-order valence-corrected chi connectivity index (χ0v) is 22.9. The molecule has 0 spiro atoms. The van der Waals surface area contributed by atoms with E-state index in [-0.39, 0.29) is 58.1 Å². The van der Waals surface area contributed by atoms with Crippen molar-refractivity contribution >= 4 is 43.1 Å². The number of methoxy groups -OCH3 is 1. The topological polar surface area (TPSA) is 139 Å². The van der Waals surface area contributed by atoms with E-state index in [9.17, 15) is 26.4 Å². The lowest BCUT2D eigenvalue weighted by Crippen LogP contribution is -2.50. The Bertz CT molecular complexity index is 1370. The van der Waals surface area contributed by atoms with E-state index < -0.39 is 25.8 Å². The summed E-state index contributed by atoms with van der Waals surface area (Å²) < 4.78 is 56.5. The first-order chi connectivity index (χ1) is 17.3. The van der Waals surface area contributed by atoms with Crippen molar-refractivity contribution in [3.8, 4) is 0 Å². The van der Waals surface area contributed by atoms with Gasteiger partial charge in [0.25, 0.3) is 0 Å². The highest BCUT2D eigenvalue weighted by Gasteiger charge is 2.52. The van der Waals surface area contributed by atoms with Gasteiger partial charge >= 0.3 is 5.97 Å². The van der Waals surface area contributed by atoms with Crippen molar-refractivity contribution in [2.45, 2.75) is 44.0 Å². The minimum absolute atomic E-state index is 0.0193. The van der Waals surface area contributed by atoms with Crippen LogP contribution in [0, 0.1) is 23.7 Å². The number of allylic oxidation sites excluding steroid dienone is 1. The van der Waals surface area contributed by atoms with Crippen molar-refractivity contribution in [3.63, 3.8) is 0 Å². The quantitative estimate of drug-likeness (QED) is 0.353. The number of anilines is 2. The fourth-order valence-electron chi connectivity index (χ4n) is 5.45. The van der Waals surface area contributed by atoms with Gasteiger partial charge in [-0.05, 0) is 48.8 Å². The molecule has 4 atom stereocenters. The number of nitrogens with one attached hydrogen (secondary N) is 2. The van der Waals surface area contributed by atoms with Crippen LogP contribution in [-0.4, -0.2) is 59.6 Å². The number of carbonyl (C=O) groups is 2. The number of nitrogens with zero attached hydrogens (tertiary/aromatic N) is 1. The number of benzene rings is 1. The molecule has 37 heavy (non-hydrogen) atoms. The van der Waals surface area contributed by atoms with Gasteiger partial charge in [0, 0.05) is 17.9 Å². The molecule has 4 rings (SSSR count). The van der Waals surface area contributed by atoms with Gasteiger partial charge in [0.05, 0.1) is 47.7 Å². The van der Waals surface area contributed by atoms with E-state index in [0.717, 1.165) is 24.5 Å². The number of rotatable bonds is 9. The fourth-order valence-corrected chi connectivity index (χ4v) is 7.37. The van der Waals surface area contributed by atoms with Crippen molar-refractivity contribution < 1.29 is 31.2 Å². The molecule has 1 saturated carbocycles. The molecule has 1 fully saturated rings. The molecule has 1 aliphatic heterocycles. The Balaban J connectivity index is 1.59. The zero-order chi connectivity index (χ0) is 27.1. The van der Waals surface area contributed by atoms with Crippen molar-refractivity contribution in [2.24, 2.45) is 23.7 Å². The van der Waals surface area contributed by atoms with E-state index >= 15 is 0 Å². The largest absolute Gasteiger partial charge is 0.469 e. The highest BCUT2D eigenvalue weighted by molar-refractivity contribution is 7.94. The number of sulfonamides is 1. The molecule has 1 aromatic carbocycles. The molecule has 1 amide bonds. The predicted octanol–water partition coefficient (Wildman–Crippen LogP) is 2.73. The Labute approximate surface area is 218 Å². The van der Waals surface area contributed by atoms with Crippen LogP contribution < -0.4 is 10.0 Å². The molecule has 0 radical (unpaired) electrons. The van der Waals surface area contributed by atoms with Gasteiger partial charge in [-0.1, -0.05) is 26.0 Å². The maximum atomic E-state index is 13.7. The minimum atomic E-state index is -3.94. The summed E-state index contributed by atoms with van der Waals surface area (Å²) >= 11 is 0. The van der Waals surface area contributed by atoms with Gasteiger partial charge in [0.15, 0.2) is 0 Å². The standard InChI is InChI=1S/C25H33N3O7S2/c1-15(2)9-10-28(24-17-6-5-16(11-17)23(24)25(30)35-3)22(29)13-19-14-37(33,34)21-12-18(27-36(4,31)32)7-8-20(21)26-19/h5-8,12,14-17,23-24,26-27H,9-11,13H2,1-4H3. The lowest BCUT2D eigenvalue weighted by Gasteiger charge is -2.37. The van der Waals surface area contributed by atoms with Crippen LogP contribution in [0.1, 0.15) is 33.1 Å². The highest BCUT2D eigenvalue weighted by Crippen LogP contribution is 2.47. The molecule has 0 saturated heterocycles. The number of amides is 1. The van der Waals surface area contributed by atoms with Crippen LogP contribution in [0.5, 0.6) is 0 Å². The molecule has 10 nitrogen and oxygen atoms in total. The molecule has 3 aliphatic rings. The molecule has 12 heteroatoms. The average molecular weight is 552 g/mol. The van der Waals surface area contributed by atoms with E-state index in [1.807, 2.05) is 6.08 Å². The van der Waals surface area contributed by atoms with Crippen LogP contribution in [0.4, 0.5) is 11.4 Å². The zero-order valence-electron chi connectivity index (χ0n) is 21.3. The summed E-state index contributed by atoms with van der Waals surface area (Å²) in [4.78, 5) is 28.0. The summed E-state index contributed by atoms with van der Waals surface area (Å²) in [6, 6.07) is 3.81. The molecular weight excluding hydrogens is 518 g/mol. The normalized spacial score (nSPS) is 25.3. The summed E-state index contributed by atoms with van der Waals surface area (Å²) in [6.45, 7) is 4.56. The van der Waals surface area contributed by atoms with E-state index in [4.69, 9.17) is 4.74 Å². The number of sulfone groups is 1. The van der Waals surface area contributed by atoms with E-state index in [1.165, 1.54) is 25.3 Å². The number of esters is 1. The molecule has 1 aromatic rings. The summed E-state index contributed by atoms with van der Waals surface area (Å²) in [5.41, 5.74) is 0.593. The first kappa shape index (κ1) is 27.2. The van der Waals surface area contributed by atoms with Crippen LogP contribution >= 0.6 is 0 Å². The third-order valence-corrected chi connectivity index (χ3v) is 9.20. The number of hydrogen-bond donors (Lipinski definition) is 2. The second-order valence-corrected chi connectivity index (χ2v) is 13.8. The maximum absolute atomic E-state index is 13.7. The average Bonchev–Trinajstić information content (AvgIpc) is 3.40. The smallest absolute Gasteiger partial charge is 0.311 e. The number of fused-ring (bicyclic) bond motifs is 3. The van der Waals surface area contributed by atoms with Crippen LogP contribution in [0.25, 0.3) is 0 Å². The summed E-state index contributed by atoms with van der Waals surface area (Å²) in [6.07, 6.45) is 6.39. The molecule has 2 aliphatic carbocycles. The molecule has 2 N–H and O–H groups in total. The highest BCUT2D eigenvalue weighted by atomic mass is 32.2. The minimum Gasteiger partial charge on any atom is -0.469 e. The van der Waals surface area contributed by atoms with E-state index in [2.05, 4.69) is 30.0 Å². The Morgan fingerprint density at radius 2 is 1.92 bits per heavy atom. The SMILES string of the molecule is COC(=O)C1C2C=CC(C2)C1N(CCC(C)C)C(=O)CC1=CS(=O)(=O)c2cc(NS(C)(=O)=O)ccc2N1. The second-order valence-electron chi connectivity index (χ2n) is 10.3. The molecule has 1 heterocycles. The lowest BCUT2D eigenvalue weighted by atomic mass is 9.87. The van der Waals surface area contributed by atoms with Crippen molar-refractivity contribution in [2.75, 3.05) is 29.9 Å². The van der Waals surface area contributed by atoms with Crippen LogP contribution in [-0.2, 0) is 34.2 Å². The van der Waals surface area contributed by atoms with Gasteiger partial charge in [-0.2, -0.15) is 0 Å². The summed E-state index contributed by atoms with van der Waals surface area (Å²) in [7, 11) is -6.17. The van der Waals surface area contributed by atoms with Crippen LogP contribution in [0.3, 0.4) is 0 Å². The van der Waals surface area contributed by atoms with Crippen molar-refractivity contribution in [3.05, 3.63) is 41.5 Å². The first-order valence-corrected chi connectivity index (χ1v) is 15.6. The maximum Gasteiger partial charge on any atom is 0.311 e. The molecular formula is C25H33N3O7S2. The van der Waals surface area contributed by atoms with Gasteiger partial charge in [-0.25, -0.2) is 16.8 Å². The number of carbonyl (C=O) groups excluding carboxylic acids is 2. The first-order valence-electron chi connectivity index (χ1n) is 12.2. The molecule has 2 bridgehead atoms. The van der Waals surface area contributed by atoms with Gasteiger partial charge in [-0.15, -0.1) is 0 Å². The second kappa shape index (κ2) is 10.1. The molecule has 4 unspecified atom stereocenters. The third kappa shape index (κ3) is 5.85. The summed E-state index contributed by atoms with van der Waals surface area (Å²) in [5, 5.41) is 4.03. The molecule has 202 valence electrons. The third-order valence-electron chi connectivity index (χ3n) is 7.04. The predicted molar refractivity (Wildman–Crippen MR) is 140 cm³/mol. The van der Waals surface area contributed by atoms with Gasteiger partial charge in [0.2, 0.25) is 25.8 Å². The Morgan fingerprint density at radius 1 is 1.22 bits per heavy atom. The Kier molecular flexibility index (Phi) is 7.44. The van der Waals surface area contributed by atoms with E-state index in [1.54, 1.807) is 4.90 Å². The van der Waals surface area contributed by atoms with Crippen LogP contribution in [0.15, 0.2) is 46.4 Å². The number of hydrogen-bond acceptors (Lipinski definition) is 8. The number of ether oxygens (including phenoxy) is 1. The Morgan fingerprint density at radius 3 is 2.57 bits per heavy atom. The van der Waals surface area contributed by atoms with Crippen LogP contribution in [0.2, 0.25) is 0 Å². The fraction of sp³-hybridized carbons (Fsp3) is 0.520. The molecule has 0 aromatic heterocycles.